The van der Waals surface area contributed by atoms with Crippen LogP contribution in [-0.4, -0.2) is 4.98 Å². The van der Waals surface area contributed by atoms with Gasteiger partial charge in [0, 0.05) is 16.8 Å². The molecule has 0 amide bonds. The molecule has 1 atom stereocenters. The van der Waals surface area contributed by atoms with Gasteiger partial charge in [0.15, 0.2) is 0 Å². The van der Waals surface area contributed by atoms with Gasteiger partial charge in [-0.05, 0) is 47.2 Å². The summed E-state index contributed by atoms with van der Waals surface area (Å²) in [7, 11) is 0. The fourth-order valence-electron chi connectivity index (χ4n) is 2.66. The van der Waals surface area contributed by atoms with E-state index in [0.717, 1.165) is 22.7 Å². The van der Waals surface area contributed by atoms with Gasteiger partial charge < -0.3 is 0 Å². The van der Waals surface area contributed by atoms with E-state index >= 15 is 0 Å². The summed E-state index contributed by atoms with van der Waals surface area (Å²) >= 11 is 6.09. The van der Waals surface area contributed by atoms with Crippen molar-refractivity contribution in [3.05, 3.63) is 70.5 Å². The molecule has 0 bridgehead atoms. The molecule has 1 heterocycles. The fourth-order valence-corrected chi connectivity index (χ4v) is 2.86. The van der Waals surface area contributed by atoms with E-state index in [2.05, 4.69) is 30.6 Å². The second-order valence-electron chi connectivity index (χ2n) is 4.83. The van der Waals surface area contributed by atoms with Gasteiger partial charge in [-0.15, -0.1) is 0 Å². The van der Waals surface area contributed by atoms with E-state index in [1.165, 1.54) is 16.7 Å². The summed E-state index contributed by atoms with van der Waals surface area (Å²) in [6, 6.07) is 10.2. The van der Waals surface area contributed by atoms with E-state index < -0.39 is 0 Å². The lowest BCUT2D eigenvalue weighted by atomic mass is 9.95. The van der Waals surface area contributed by atoms with Crippen LogP contribution >= 0.6 is 11.6 Å². The average Bonchev–Trinajstić information content (AvgIpc) is 2.47. The lowest BCUT2D eigenvalue weighted by Crippen LogP contribution is -1.99. The first-order valence-electron chi connectivity index (χ1n) is 6.10. The predicted octanol–water partition coefficient (Wildman–Crippen LogP) is 4.46. The number of fused-ring (bicyclic) bond motifs is 2. The molecule has 1 aliphatic carbocycles. The van der Waals surface area contributed by atoms with Gasteiger partial charge in [0.2, 0.25) is 0 Å². The zero-order chi connectivity index (χ0) is 12.7. The molecule has 0 radical (unpaired) electrons. The summed E-state index contributed by atoms with van der Waals surface area (Å²) < 4.78 is 0. The lowest BCUT2D eigenvalue weighted by molar-refractivity contribution is 0.757. The molecule has 0 spiro atoms. The number of benzene rings is 1. The van der Waals surface area contributed by atoms with Gasteiger partial charge in [-0.1, -0.05) is 37.2 Å². The Balaban J connectivity index is 2.25. The number of hydrogen-bond donors (Lipinski definition) is 0. The summed E-state index contributed by atoms with van der Waals surface area (Å²) in [5.74, 6) is 0.435. The topological polar surface area (TPSA) is 12.9 Å². The Morgan fingerprint density at radius 2 is 2.17 bits per heavy atom. The molecule has 1 aliphatic rings. The molecule has 1 aromatic heterocycles. The smallest absolute Gasteiger partial charge is 0.0736 e. The Labute approximate surface area is 112 Å². The highest BCUT2D eigenvalue weighted by Crippen LogP contribution is 2.37. The van der Waals surface area contributed by atoms with Crippen LogP contribution in [0.15, 0.2) is 43.1 Å². The van der Waals surface area contributed by atoms with Crippen molar-refractivity contribution in [2.75, 3.05) is 0 Å². The van der Waals surface area contributed by atoms with Crippen molar-refractivity contribution in [1.82, 2.24) is 4.98 Å². The second-order valence-corrected chi connectivity index (χ2v) is 5.26. The van der Waals surface area contributed by atoms with Crippen molar-refractivity contribution in [3.63, 3.8) is 0 Å². The largest absolute Gasteiger partial charge is 0.256 e. The summed E-state index contributed by atoms with van der Waals surface area (Å²) in [6.07, 6.45) is 2.81. The Hall–Kier alpha value is -1.60. The monoisotopic (exact) mass is 255 g/mol. The normalized spacial score (nSPS) is 17.9. The van der Waals surface area contributed by atoms with E-state index in [0.29, 0.717) is 5.92 Å². The van der Waals surface area contributed by atoms with Gasteiger partial charge in [0.25, 0.3) is 0 Å². The van der Waals surface area contributed by atoms with E-state index in [9.17, 15) is 0 Å². The van der Waals surface area contributed by atoms with Gasteiger partial charge in [0.1, 0.15) is 0 Å². The molecule has 1 nitrogen and oxygen atoms in total. The van der Waals surface area contributed by atoms with Crippen LogP contribution in [0, 0.1) is 0 Å². The van der Waals surface area contributed by atoms with Crippen LogP contribution in [0.1, 0.15) is 35.2 Å². The third kappa shape index (κ3) is 1.75. The molecular formula is C16H14ClN. The molecule has 0 N–H and O–H groups in total. The van der Waals surface area contributed by atoms with Crippen molar-refractivity contribution in [2.45, 2.75) is 19.3 Å². The highest BCUT2D eigenvalue weighted by Gasteiger charge is 2.22. The quantitative estimate of drug-likeness (QED) is 0.677. The van der Waals surface area contributed by atoms with Gasteiger partial charge in [0.05, 0.1) is 5.69 Å². The summed E-state index contributed by atoms with van der Waals surface area (Å²) in [5, 5.41) is 0.785. The van der Waals surface area contributed by atoms with Crippen LogP contribution in [-0.2, 0) is 6.42 Å². The molecule has 0 saturated carbocycles. The highest BCUT2D eigenvalue weighted by atomic mass is 35.5. The maximum absolute atomic E-state index is 6.09. The summed E-state index contributed by atoms with van der Waals surface area (Å²) in [6.45, 7) is 6.44. The van der Waals surface area contributed by atoms with E-state index in [-0.39, 0.29) is 0 Å². The molecule has 3 rings (SSSR count). The standard InChI is InChI=1S/C16H14ClN/c1-10-8-12-9-13(17)5-6-15(12)11(2)16-14(10)4-3-7-18-16/h3-7,9-10H,2,8H2,1H3. The number of aromatic nitrogens is 1. The Morgan fingerprint density at radius 1 is 1.33 bits per heavy atom. The van der Waals surface area contributed by atoms with E-state index in [1.807, 2.05) is 24.4 Å². The number of nitrogens with zero attached hydrogens (tertiary/aromatic N) is 1. The molecule has 0 saturated heterocycles. The van der Waals surface area contributed by atoms with Crippen molar-refractivity contribution >= 4 is 17.2 Å². The van der Waals surface area contributed by atoms with Crippen molar-refractivity contribution in [2.24, 2.45) is 0 Å². The molecule has 2 heteroatoms. The third-order valence-corrected chi connectivity index (χ3v) is 3.81. The Morgan fingerprint density at radius 3 is 3.00 bits per heavy atom. The molecule has 0 fully saturated rings. The molecule has 1 unspecified atom stereocenters. The van der Waals surface area contributed by atoms with Crippen LogP contribution in [0.4, 0.5) is 0 Å². The number of rotatable bonds is 0. The SMILES string of the molecule is C=C1c2ccc(Cl)cc2CC(C)c2cccnc21. The zero-order valence-corrected chi connectivity index (χ0v) is 11.0. The van der Waals surface area contributed by atoms with Gasteiger partial charge in [-0.2, -0.15) is 0 Å². The molecule has 90 valence electrons. The van der Waals surface area contributed by atoms with Gasteiger partial charge >= 0.3 is 0 Å². The van der Waals surface area contributed by atoms with Crippen molar-refractivity contribution in [1.29, 1.82) is 0 Å². The molecule has 0 aliphatic heterocycles. The first kappa shape index (κ1) is 11.5. The second kappa shape index (κ2) is 4.25. The van der Waals surface area contributed by atoms with Crippen molar-refractivity contribution < 1.29 is 0 Å². The zero-order valence-electron chi connectivity index (χ0n) is 10.3. The van der Waals surface area contributed by atoms with Crippen molar-refractivity contribution in [3.8, 4) is 0 Å². The minimum absolute atomic E-state index is 0.435. The van der Waals surface area contributed by atoms with Gasteiger partial charge in [-0.25, -0.2) is 0 Å². The van der Waals surface area contributed by atoms with Crippen LogP contribution < -0.4 is 0 Å². The predicted molar refractivity (Wildman–Crippen MR) is 75.9 cm³/mol. The van der Waals surface area contributed by atoms with Crippen LogP contribution in [0.25, 0.3) is 5.57 Å². The fraction of sp³-hybridized carbons (Fsp3) is 0.188. The average molecular weight is 256 g/mol. The maximum Gasteiger partial charge on any atom is 0.0736 e. The minimum Gasteiger partial charge on any atom is -0.256 e. The molecule has 2 aromatic rings. The minimum atomic E-state index is 0.435. The van der Waals surface area contributed by atoms with E-state index in [1.54, 1.807) is 0 Å². The van der Waals surface area contributed by atoms with Crippen LogP contribution in [0.3, 0.4) is 0 Å². The number of halogens is 1. The lowest BCUT2D eigenvalue weighted by Gasteiger charge is -2.11. The van der Waals surface area contributed by atoms with E-state index in [4.69, 9.17) is 11.6 Å². The van der Waals surface area contributed by atoms with Gasteiger partial charge in [-0.3, -0.25) is 4.98 Å². The maximum atomic E-state index is 6.09. The highest BCUT2D eigenvalue weighted by molar-refractivity contribution is 6.30. The number of hydrogen-bond acceptors (Lipinski definition) is 1. The summed E-state index contributed by atoms with van der Waals surface area (Å²) in [4.78, 5) is 4.50. The number of pyridine rings is 1. The van der Waals surface area contributed by atoms with Crippen LogP contribution in [0.5, 0.6) is 0 Å². The molecule has 1 aromatic carbocycles. The Bertz CT molecular complexity index is 631. The molecular weight excluding hydrogens is 242 g/mol. The first-order valence-corrected chi connectivity index (χ1v) is 6.47. The third-order valence-electron chi connectivity index (χ3n) is 3.57. The van der Waals surface area contributed by atoms with Crippen LogP contribution in [0.2, 0.25) is 5.02 Å². The molecule has 18 heavy (non-hydrogen) atoms. The Kier molecular flexibility index (Phi) is 2.71. The summed E-state index contributed by atoms with van der Waals surface area (Å²) in [5.41, 5.74) is 5.73. The first-order chi connectivity index (χ1) is 8.66.